The van der Waals surface area contributed by atoms with Gasteiger partial charge in [-0.2, -0.15) is 18.3 Å². The van der Waals surface area contributed by atoms with Crippen LogP contribution in [-0.4, -0.2) is 15.2 Å². The predicted molar refractivity (Wildman–Crippen MR) is 56.7 cm³/mol. The van der Waals surface area contributed by atoms with E-state index < -0.39 is 12.0 Å². The number of alkyl halides is 3. The molecule has 2 heterocycles. The quantitative estimate of drug-likeness (QED) is 0.855. The van der Waals surface area contributed by atoms with Crippen LogP contribution < -0.4 is 0 Å². The third-order valence-corrected chi connectivity index (χ3v) is 3.95. The molecule has 0 radical (unpaired) electrons. The number of aryl methyl sites for hydroxylation is 2. The maximum absolute atomic E-state index is 12.3. The Labute approximate surface area is 98.7 Å². The number of hydrogen-bond donors (Lipinski definition) is 1. The average Bonchev–Trinajstić information content (AvgIpc) is 2.90. The van der Waals surface area contributed by atoms with Crippen molar-refractivity contribution in [3.8, 4) is 10.7 Å². The topological polar surface area (TPSA) is 41.6 Å². The van der Waals surface area contributed by atoms with Crippen LogP contribution >= 0.6 is 11.3 Å². The molecule has 0 unspecified atom stereocenters. The summed E-state index contributed by atoms with van der Waals surface area (Å²) in [5.41, 5.74) is 1.23. The zero-order valence-corrected chi connectivity index (χ0v) is 9.45. The highest BCUT2D eigenvalue weighted by molar-refractivity contribution is 7.15. The molecule has 0 saturated heterocycles. The highest BCUT2D eigenvalue weighted by Crippen LogP contribution is 2.36. The molecule has 0 spiro atoms. The standard InChI is InChI=1S/C10H8F3N3S/c11-10(12,13)9-14-8(15-16-9)7-4-5-2-1-3-6(5)17-7/h4H,1-3H2,(H,14,15,16). The fourth-order valence-electron chi connectivity index (χ4n) is 1.94. The first kappa shape index (κ1) is 10.8. The molecule has 0 amide bonds. The molecular weight excluding hydrogens is 251 g/mol. The summed E-state index contributed by atoms with van der Waals surface area (Å²) in [6, 6.07) is 1.90. The van der Waals surface area contributed by atoms with Gasteiger partial charge in [0.25, 0.3) is 0 Å². The molecule has 3 rings (SSSR count). The first-order chi connectivity index (χ1) is 8.04. The third kappa shape index (κ3) is 1.84. The van der Waals surface area contributed by atoms with Gasteiger partial charge in [-0.1, -0.05) is 0 Å². The number of hydrogen-bond acceptors (Lipinski definition) is 3. The lowest BCUT2D eigenvalue weighted by molar-refractivity contribution is -0.144. The highest BCUT2D eigenvalue weighted by atomic mass is 32.1. The maximum atomic E-state index is 12.3. The van der Waals surface area contributed by atoms with Crippen molar-refractivity contribution >= 4 is 11.3 Å². The third-order valence-electron chi connectivity index (χ3n) is 2.72. The Kier molecular flexibility index (Phi) is 2.25. The van der Waals surface area contributed by atoms with E-state index in [-0.39, 0.29) is 5.82 Å². The second kappa shape index (κ2) is 3.56. The van der Waals surface area contributed by atoms with Gasteiger partial charge in [-0.15, -0.1) is 11.3 Å². The molecule has 0 atom stereocenters. The second-order valence-corrected chi connectivity index (χ2v) is 5.05. The maximum Gasteiger partial charge on any atom is 0.451 e. The van der Waals surface area contributed by atoms with Crippen LogP contribution in [0.5, 0.6) is 0 Å². The lowest BCUT2D eigenvalue weighted by atomic mass is 10.2. The normalized spacial score (nSPS) is 15.2. The van der Waals surface area contributed by atoms with Crippen LogP contribution in [0.4, 0.5) is 13.2 Å². The van der Waals surface area contributed by atoms with Gasteiger partial charge >= 0.3 is 6.18 Å². The van der Waals surface area contributed by atoms with Gasteiger partial charge in [0.2, 0.25) is 5.82 Å². The van der Waals surface area contributed by atoms with Gasteiger partial charge in [0.1, 0.15) is 0 Å². The molecule has 0 bridgehead atoms. The summed E-state index contributed by atoms with van der Waals surface area (Å²) in [7, 11) is 0. The SMILES string of the molecule is FC(F)(F)c1nc(-c2cc3c(s2)CCC3)n[nH]1. The molecule has 90 valence electrons. The minimum atomic E-state index is -4.47. The van der Waals surface area contributed by atoms with Gasteiger partial charge in [0.15, 0.2) is 5.82 Å². The Balaban J connectivity index is 1.96. The summed E-state index contributed by atoms with van der Waals surface area (Å²) in [4.78, 5) is 5.44. The number of rotatable bonds is 1. The Morgan fingerprint density at radius 2 is 2.12 bits per heavy atom. The molecule has 0 fully saturated rings. The molecule has 1 aliphatic rings. The number of fused-ring (bicyclic) bond motifs is 1. The summed E-state index contributed by atoms with van der Waals surface area (Å²) in [5.74, 6) is -0.905. The van der Waals surface area contributed by atoms with E-state index in [1.165, 1.54) is 21.8 Å². The van der Waals surface area contributed by atoms with Crippen molar-refractivity contribution in [1.82, 2.24) is 15.2 Å². The van der Waals surface area contributed by atoms with E-state index in [1.54, 1.807) is 0 Å². The fraction of sp³-hybridized carbons (Fsp3) is 0.400. The first-order valence-electron chi connectivity index (χ1n) is 5.15. The number of nitrogens with one attached hydrogen (secondary N) is 1. The van der Waals surface area contributed by atoms with Crippen molar-refractivity contribution in [3.05, 3.63) is 22.3 Å². The van der Waals surface area contributed by atoms with E-state index in [4.69, 9.17) is 0 Å². The molecule has 0 aliphatic heterocycles. The molecule has 7 heteroatoms. The molecule has 0 saturated carbocycles. The zero-order valence-electron chi connectivity index (χ0n) is 8.64. The second-order valence-electron chi connectivity index (χ2n) is 3.92. The van der Waals surface area contributed by atoms with Crippen LogP contribution in [0.25, 0.3) is 10.7 Å². The number of thiophene rings is 1. The summed E-state index contributed by atoms with van der Waals surface area (Å²) in [5, 5.41) is 5.55. The Morgan fingerprint density at radius 3 is 2.76 bits per heavy atom. The summed E-state index contributed by atoms with van der Waals surface area (Å²) >= 11 is 1.49. The van der Waals surface area contributed by atoms with E-state index in [0.29, 0.717) is 4.88 Å². The molecule has 2 aromatic rings. The molecule has 3 nitrogen and oxygen atoms in total. The van der Waals surface area contributed by atoms with Gasteiger partial charge in [-0.3, -0.25) is 5.10 Å². The largest absolute Gasteiger partial charge is 0.451 e. The Morgan fingerprint density at radius 1 is 1.29 bits per heavy atom. The van der Waals surface area contributed by atoms with Crippen LogP contribution in [0.1, 0.15) is 22.7 Å². The smallest absolute Gasteiger partial charge is 0.255 e. The van der Waals surface area contributed by atoms with E-state index in [0.717, 1.165) is 19.3 Å². The molecule has 1 aliphatic carbocycles. The van der Waals surface area contributed by atoms with Crippen LogP contribution in [-0.2, 0) is 19.0 Å². The lowest BCUT2D eigenvalue weighted by Gasteiger charge is -1.98. The molecule has 17 heavy (non-hydrogen) atoms. The minimum absolute atomic E-state index is 0.136. The van der Waals surface area contributed by atoms with E-state index in [2.05, 4.69) is 10.1 Å². The van der Waals surface area contributed by atoms with Crippen molar-refractivity contribution < 1.29 is 13.2 Å². The van der Waals surface area contributed by atoms with Crippen LogP contribution in [0.15, 0.2) is 6.07 Å². The molecule has 2 aromatic heterocycles. The number of aromatic nitrogens is 3. The minimum Gasteiger partial charge on any atom is -0.255 e. The number of H-pyrrole nitrogens is 1. The average molecular weight is 259 g/mol. The molecular formula is C10H8F3N3S. The summed E-state index contributed by atoms with van der Waals surface area (Å²) < 4.78 is 37.0. The number of nitrogens with zero attached hydrogens (tertiary/aromatic N) is 2. The summed E-state index contributed by atoms with van der Waals surface area (Å²) in [6.45, 7) is 0. The van der Waals surface area contributed by atoms with Gasteiger partial charge < -0.3 is 0 Å². The number of halogens is 3. The van der Waals surface area contributed by atoms with Crippen molar-refractivity contribution in [2.24, 2.45) is 0 Å². The lowest BCUT2D eigenvalue weighted by Crippen LogP contribution is -2.07. The van der Waals surface area contributed by atoms with Crippen molar-refractivity contribution in [3.63, 3.8) is 0 Å². The molecule has 0 aromatic carbocycles. The van der Waals surface area contributed by atoms with Crippen LogP contribution in [0.3, 0.4) is 0 Å². The van der Waals surface area contributed by atoms with Crippen molar-refractivity contribution in [2.45, 2.75) is 25.4 Å². The highest BCUT2D eigenvalue weighted by Gasteiger charge is 2.35. The predicted octanol–water partition coefficient (Wildman–Crippen LogP) is 3.04. The molecule has 1 N–H and O–H groups in total. The van der Waals surface area contributed by atoms with Gasteiger partial charge in [0, 0.05) is 4.88 Å². The van der Waals surface area contributed by atoms with Crippen LogP contribution in [0, 0.1) is 0 Å². The Bertz CT molecular complexity index is 534. The van der Waals surface area contributed by atoms with E-state index in [1.807, 2.05) is 11.2 Å². The van der Waals surface area contributed by atoms with E-state index >= 15 is 0 Å². The number of aromatic amines is 1. The zero-order chi connectivity index (χ0) is 12.0. The van der Waals surface area contributed by atoms with Gasteiger partial charge in [-0.25, -0.2) is 4.98 Å². The summed E-state index contributed by atoms with van der Waals surface area (Å²) in [6.07, 6.45) is -1.33. The Hall–Kier alpha value is -1.37. The monoisotopic (exact) mass is 259 g/mol. The fourth-order valence-corrected chi connectivity index (χ4v) is 3.13. The van der Waals surface area contributed by atoms with Crippen molar-refractivity contribution in [1.29, 1.82) is 0 Å². The first-order valence-corrected chi connectivity index (χ1v) is 5.97. The van der Waals surface area contributed by atoms with Gasteiger partial charge in [-0.05, 0) is 30.9 Å². The van der Waals surface area contributed by atoms with E-state index in [9.17, 15) is 13.2 Å². The van der Waals surface area contributed by atoms with Crippen LogP contribution in [0.2, 0.25) is 0 Å². The van der Waals surface area contributed by atoms with Crippen molar-refractivity contribution in [2.75, 3.05) is 0 Å². The van der Waals surface area contributed by atoms with Gasteiger partial charge in [0.05, 0.1) is 4.88 Å².